The molecule has 0 saturated heterocycles. The summed E-state index contributed by atoms with van der Waals surface area (Å²) < 4.78 is 4.60. The third-order valence-electron chi connectivity index (χ3n) is 2.61. The summed E-state index contributed by atoms with van der Waals surface area (Å²) in [5.74, 6) is 4.68. The van der Waals surface area contributed by atoms with Crippen LogP contribution in [0.2, 0.25) is 0 Å². The zero-order valence-electron chi connectivity index (χ0n) is 9.43. The number of carbonyl (C=O) groups excluding carboxylic acids is 1. The van der Waals surface area contributed by atoms with E-state index in [1.807, 2.05) is 30.5 Å². The summed E-state index contributed by atoms with van der Waals surface area (Å²) in [6, 6.07) is 7.83. The van der Waals surface area contributed by atoms with Gasteiger partial charge >= 0.3 is 5.97 Å². The van der Waals surface area contributed by atoms with Crippen molar-refractivity contribution in [2.24, 2.45) is 10.9 Å². The van der Waals surface area contributed by atoms with E-state index in [9.17, 15) is 4.79 Å². The van der Waals surface area contributed by atoms with Crippen LogP contribution in [0.15, 0.2) is 35.6 Å². The Hall–Kier alpha value is -2.30. The monoisotopic (exact) mass is 231 g/mol. The van der Waals surface area contributed by atoms with Crippen molar-refractivity contribution in [3.8, 4) is 0 Å². The van der Waals surface area contributed by atoms with Crippen LogP contribution in [0.1, 0.15) is 5.56 Å². The third-order valence-corrected chi connectivity index (χ3v) is 2.61. The molecule has 0 radical (unpaired) electrons. The van der Waals surface area contributed by atoms with Gasteiger partial charge in [0, 0.05) is 23.5 Å². The van der Waals surface area contributed by atoms with Crippen molar-refractivity contribution < 1.29 is 9.53 Å². The summed E-state index contributed by atoms with van der Waals surface area (Å²) >= 11 is 0. The van der Waals surface area contributed by atoms with Crippen LogP contribution in [0.25, 0.3) is 10.9 Å². The summed E-state index contributed by atoms with van der Waals surface area (Å²) in [6.07, 6.45) is 2.20. The first-order valence-corrected chi connectivity index (χ1v) is 5.16. The highest BCUT2D eigenvalue weighted by atomic mass is 16.5. The fourth-order valence-electron chi connectivity index (χ4n) is 1.75. The number of esters is 1. The Morgan fingerprint density at radius 3 is 2.94 bits per heavy atom. The molecule has 1 aromatic heterocycles. The van der Waals surface area contributed by atoms with Gasteiger partial charge in [-0.2, -0.15) is 5.10 Å². The summed E-state index contributed by atoms with van der Waals surface area (Å²) in [7, 11) is 1.31. The lowest BCUT2D eigenvalue weighted by atomic mass is 10.1. The molecule has 2 rings (SSSR count). The van der Waals surface area contributed by atoms with Gasteiger partial charge in [-0.3, -0.25) is 0 Å². The molecule has 0 fully saturated rings. The molecule has 0 atom stereocenters. The van der Waals surface area contributed by atoms with Gasteiger partial charge in [-0.15, -0.1) is 0 Å². The van der Waals surface area contributed by atoms with Gasteiger partial charge < -0.3 is 15.6 Å². The van der Waals surface area contributed by atoms with E-state index in [0.29, 0.717) is 6.42 Å². The highest BCUT2D eigenvalue weighted by molar-refractivity contribution is 6.37. The van der Waals surface area contributed by atoms with E-state index in [-0.39, 0.29) is 5.71 Å². The molecule has 3 N–H and O–H groups in total. The van der Waals surface area contributed by atoms with Gasteiger partial charge in [0.15, 0.2) is 0 Å². The molecule has 5 heteroatoms. The smallest absolute Gasteiger partial charge is 0.354 e. The SMILES string of the molecule is COC(=O)/C(Cc1c[nH]c2ccccc12)=N\N. The molecule has 1 aromatic carbocycles. The fraction of sp³-hybridized carbons (Fsp3) is 0.167. The van der Waals surface area contributed by atoms with Crippen LogP contribution < -0.4 is 5.84 Å². The summed E-state index contributed by atoms with van der Waals surface area (Å²) in [6.45, 7) is 0. The molecule has 0 aliphatic carbocycles. The van der Waals surface area contributed by atoms with Gasteiger partial charge in [0.05, 0.1) is 7.11 Å². The normalized spacial score (nSPS) is 11.7. The number of fused-ring (bicyclic) bond motifs is 1. The second-order valence-corrected chi connectivity index (χ2v) is 3.60. The van der Waals surface area contributed by atoms with Gasteiger partial charge in [0.25, 0.3) is 0 Å². The Morgan fingerprint density at radius 1 is 1.47 bits per heavy atom. The molecular formula is C12H13N3O2. The number of carbonyl (C=O) groups is 1. The molecule has 0 aliphatic rings. The summed E-state index contributed by atoms with van der Waals surface area (Å²) in [4.78, 5) is 14.5. The van der Waals surface area contributed by atoms with E-state index in [1.165, 1.54) is 7.11 Å². The lowest BCUT2D eigenvalue weighted by Crippen LogP contribution is -2.20. The maximum absolute atomic E-state index is 11.4. The zero-order chi connectivity index (χ0) is 12.3. The number of ether oxygens (including phenoxy) is 1. The molecule has 0 saturated carbocycles. The number of hydrogen-bond acceptors (Lipinski definition) is 4. The van der Waals surface area contributed by atoms with E-state index in [1.54, 1.807) is 0 Å². The first kappa shape index (κ1) is 11.2. The van der Waals surface area contributed by atoms with Crippen molar-refractivity contribution in [1.82, 2.24) is 4.98 Å². The molecule has 5 nitrogen and oxygen atoms in total. The number of methoxy groups -OCH3 is 1. The van der Waals surface area contributed by atoms with Crippen molar-refractivity contribution in [3.63, 3.8) is 0 Å². The number of benzene rings is 1. The van der Waals surface area contributed by atoms with Gasteiger partial charge in [-0.1, -0.05) is 18.2 Å². The van der Waals surface area contributed by atoms with Crippen molar-refractivity contribution in [1.29, 1.82) is 0 Å². The highest BCUT2D eigenvalue weighted by Gasteiger charge is 2.14. The quantitative estimate of drug-likeness (QED) is 0.360. The van der Waals surface area contributed by atoms with E-state index in [4.69, 9.17) is 5.84 Å². The lowest BCUT2D eigenvalue weighted by Gasteiger charge is -2.01. The number of nitrogens with two attached hydrogens (primary N) is 1. The maximum Gasteiger partial charge on any atom is 0.354 e. The second kappa shape index (κ2) is 4.69. The number of para-hydroxylation sites is 1. The van der Waals surface area contributed by atoms with Crippen LogP contribution in [0.4, 0.5) is 0 Å². The van der Waals surface area contributed by atoms with Crippen molar-refractivity contribution in [3.05, 3.63) is 36.0 Å². The number of rotatable bonds is 3. The minimum atomic E-state index is -0.502. The number of nitrogens with one attached hydrogen (secondary N) is 1. The van der Waals surface area contributed by atoms with Crippen molar-refractivity contribution >= 4 is 22.6 Å². The maximum atomic E-state index is 11.4. The average Bonchev–Trinajstić information content (AvgIpc) is 2.78. The van der Waals surface area contributed by atoms with Gasteiger partial charge in [0.1, 0.15) is 5.71 Å². The van der Waals surface area contributed by atoms with Gasteiger partial charge in [-0.25, -0.2) is 4.79 Å². The molecular weight excluding hydrogens is 218 g/mol. The number of hydrazone groups is 1. The first-order chi connectivity index (χ1) is 8.26. The van der Waals surface area contributed by atoms with Gasteiger partial charge in [0.2, 0.25) is 0 Å². The molecule has 0 bridgehead atoms. The minimum absolute atomic E-state index is 0.206. The molecule has 0 aliphatic heterocycles. The topological polar surface area (TPSA) is 80.5 Å². The number of hydrogen-bond donors (Lipinski definition) is 2. The van der Waals surface area contributed by atoms with E-state index in [2.05, 4.69) is 14.8 Å². The zero-order valence-corrected chi connectivity index (χ0v) is 9.43. The molecule has 2 aromatic rings. The lowest BCUT2D eigenvalue weighted by molar-refractivity contribution is -0.132. The largest absolute Gasteiger partial charge is 0.464 e. The third kappa shape index (κ3) is 2.13. The Balaban J connectivity index is 2.32. The van der Waals surface area contributed by atoms with Gasteiger partial charge in [-0.05, 0) is 11.6 Å². The van der Waals surface area contributed by atoms with Crippen LogP contribution in [0.3, 0.4) is 0 Å². The molecule has 0 spiro atoms. The second-order valence-electron chi connectivity index (χ2n) is 3.60. The standard InChI is InChI=1S/C12H13N3O2/c1-17-12(16)11(15-13)6-8-7-14-10-5-3-2-4-9(8)10/h2-5,7,14H,6,13H2,1H3/b15-11-. The van der Waals surface area contributed by atoms with E-state index < -0.39 is 5.97 Å². The Labute approximate surface area is 98.3 Å². The number of nitrogens with zero attached hydrogens (tertiary/aromatic N) is 1. The Morgan fingerprint density at radius 2 is 2.24 bits per heavy atom. The fourth-order valence-corrected chi connectivity index (χ4v) is 1.75. The summed E-state index contributed by atoms with van der Waals surface area (Å²) in [5.41, 5.74) is 2.19. The number of aromatic nitrogens is 1. The molecule has 88 valence electrons. The van der Waals surface area contributed by atoms with Crippen LogP contribution in [0, 0.1) is 0 Å². The van der Waals surface area contributed by atoms with E-state index >= 15 is 0 Å². The average molecular weight is 231 g/mol. The molecule has 1 heterocycles. The van der Waals surface area contributed by atoms with Crippen LogP contribution >= 0.6 is 0 Å². The number of H-pyrrole nitrogens is 1. The van der Waals surface area contributed by atoms with Crippen molar-refractivity contribution in [2.45, 2.75) is 6.42 Å². The predicted octanol–water partition coefficient (Wildman–Crippen LogP) is 1.20. The minimum Gasteiger partial charge on any atom is -0.464 e. The Bertz CT molecular complexity index is 572. The molecule has 0 amide bonds. The highest BCUT2D eigenvalue weighted by Crippen LogP contribution is 2.18. The van der Waals surface area contributed by atoms with Crippen LogP contribution in [0.5, 0.6) is 0 Å². The Kier molecular flexibility index (Phi) is 3.09. The molecule has 0 unspecified atom stereocenters. The predicted molar refractivity (Wildman–Crippen MR) is 65.6 cm³/mol. The van der Waals surface area contributed by atoms with Crippen molar-refractivity contribution in [2.75, 3.05) is 7.11 Å². The first-order valence-electron chi connectivity index (χ1n) is 5.16. The summed E-state index contributed by atoms with van der Waals surface area (Å²) in [5, 5.41) is 4.52. The number of aromatic amines is 1. The van der Waals surface area contributed by atoms with E-state index in [0.717, 1.165) is 16.5 Å². The van der Waals surface area contributed by atoms with Crippen LogP contribution in [-0.2, 0) is 16.0 Å². The molecule has 17 heavy (non-hydrogen) atoms. The van der Waals surface area contributed by atoms with Crippen LogP contribution in [-0.4, -0.2) is 23.8 Å².